The Kier molecular flexibility index (Phi) is 5.67. The number of aromatic nitrogens is 3. The summed E-state index contributed by atoms with van der Waals surface area (Å²) in [6.45, 7) is 0.138. The Morgan fingerprint density at radius 3 is 2.66 bits per heavy atom. The number of nitrogens with zero attached hydrogens (tertiary/aromatic N) is 5. The van der Waals surface area contributed by atoms with E-state index in [1.807, 2.05) is 0 Å². The van der Waals surface area contributed by atoms with Crippen molar-refractivity contribution in [2.24, 2.45) is 0 Å². The van der Waals surface area contributed by atoms with E-state index in [2.05, 4.69) is 15.2 Å². The molecular formula is C22H20FN5O4. The van der Waals surface area contributed by atoms with Crippen LogP contribution in [0.1, 0.15) is 21.5 Å². The summed E-state index contributed by atoms with van der Waals surface area (Å²) in [5, 5.41) is 18.3. The smallest absolute Gasteiger partial charge is 0.413 e. The third kappa shape index (κ3) is 3.94. The number of hydrogen-bond donors (Lipinski definition) is 1. The van der Waals surface area contributed by atoms with Crippen molar-refractivity contribution in [1.29, 1.82) is 0 Å². The number of fused-ring (bicyclic) bond motifs is 2. The van der Waals surface area contributed by atoms with Crippen LogP contribution in [0, 0.1) is 5.82 Å². The van der Waals surface area contributed by atoms with Crippen molar-refractivity contribution >= 4 is 28.5 Å². The van der Waals surface area contributed by atoms with Crippen LogP contribution in [0.2, 0.25) is 0 Å². The number of carbonyl (C=O) groups is 2. The highest BCUT2D eigenvalue weighted by molar-refractivity contribution is 6.15. The number of carboxylic acid groups (broad SMARTS) is 1. The molecule has 1 aliphatic heterocycles. The number of ether oxygens (including phenoxy) is 1. The molecule has 1 N–H and O–H groups in total. The highest BCUT2D eigenvalue weighted by atomic mass is 19.1. The second-order valence-electron chi connectivity index (χ2n) is 7.43. The van der Waals surface area contributed by atoms with E-state index in [0.717, 1.165) is 4.90 Å². The maximum atomic E-state index is 14.6. The lowest BCUT2D eigenvalue weighted by Crippen LogP contribution is -2.30. The highest BCUT2D eigenvalue weighted by Crippen LogP contribution is 2.33. The number of amides is 1. The van der Waals surface area contributed by atoms with Crippen molar-refractivity contribution in [2.75, 3.05) is 25.6 Å². The van der Waals surface area contributed by atoms with Crippen molar-refractivity contribution in [1.82, 2.24) is 20.1 Å². The first kappa shape index (κ1) is 21.2. The van der Waals surface area contributed by atoms with Gasteiger partial charge in [0.1, 0.15) is 17.4 Å². The van der Waals surface area contributed by atoms with E-state index in [4.69, 9.17) is 4.74 Å². The summed E-state index contributed by atoms with van der Waals surface area (Å²) >= 11 is 0. The number of halogens is 1. The van der Waals surface area contributed by atoms with Gasteiger partial charge in [-0.25, -0.2) is 14.2 Å². The summed E-state index contributed by atoms with van der Waals surface area (Å²) in [7, 11) is 3.56. The van der Waals surface area contributed by atoms with Crippen molar-refractivity contribution in [2.45, 2.75) is 13.0 Å². The predicted octanol–water partition coefficient (Wildman–Crippen LogP) is 3.04. The normalized spacial score (nSPS) is 12.6. The van der Waals surface area contributed by atoms with E-state index < -0.39 is 11.9 Å². The van der Waals surface area contributed by atoms with Crippen LogP contribution in [0.3, 0.4) is 0 Å². The Balaban J connectivity index is 1.80. The second-order valence-corrected chi connectivity index (χ2v) is 7.43. The summed E-state index contributed by atoms with van der Waals surface area (Å²) in [4.78, 5) is 31.7. The minimum Gasteiger partial charge on any atom is -0.493 e. The molecule has 0 saturated carbocycles. The molecule has 0 unspecified atom stereocenters. The molecule has 10 heteroatoms. The number of hydrogen-bond acceptors (Lipinski definition) is 7. The van der Waals surface area contributed by atoms with E-state index >= 15 is 0 Å². The first-order valence-corrected chi connectivity index (χ1v) is 9.78. The maximum Gasteiger partial charge on any atom is 0.413 e. The van der Waals surface area contributed by atoms with Crippen LogP contribution in [0.15, 0.2) is 43.0 Å². The lowest BCUT2D eigenvalue weighted by molar-refractivity contribution is 0.104. The Labute approximate surface area is 182 Å². The standard InChI is InChI=1S/C22H20FN5O4/c1-27(2)7-5-19(29)15-9-24-21(16-11-26-25-10-14(15)16)28(22(30)31)12-17-13-6-8-32-20(13)4-3-18(17)23/h3-5,7,9-11H,6,8,12H2,1-2H3,(H,30,31). The summed E-state index contributed by atoms with van der Waals surface area (Å²) in [5.74, 6) is -0.262. The lowest BCUT2D eigenvalue weighted by Gasteiger charge is -2.21. The number of rotatable bonds is 6. The van der Waals surface area contributed by atoms with Gasteiger partial charge in [0.05, 0.1) is 25.5 Å². The number of carbonyl (C=O) groups excluding carboxylic acids is 1. The molecule has 0 bridgehead atoms. The quantitative estimate of drug-likeness (QED) is 0.463. The van der Waals surface area contributed by atoms with Crippen molar-refractivity contribution in [3.05, 3.63) is 65.5 Å². The van der Waals surface area contributed by atoms with Gasteiger partial charge in [-0.3, -0.25) is 9.69 Å². The molecule has 1 aliphatic rings. The average Bonchev–Trinajstić information content (AvgIpc) is 3.25. The predicted molar refractivity (Wildman–Crippen MR) is 114 cm³/mol. The fraction of sp³-hybridized carbons (Fsp3) is 0.227. The van der Waals surface area contributed by atoms with Gasteiger partial charge >= 0.3 is 6.09 Å². The largest absolute Gasteiger partial charge is 0.493 e. The number of ketones is 1. The molecule has 0 atom stereocenters. The molecule has 32 heavy (non-hydrogen) atoms. The Morgan fingerprint density at radius 1 is 1.19 bits per heavy atom. The van der Waals surface area contributed by atoms with Crippen LogP contribution in [-0.4, -0.2) is 57.8 Å². The highest BCUT2D eigenvalue weighted by Gasteiger charge is 2.26. The lowest BCUT2D eigenvalue weighted by atomic mass is 10.0. The molecule has 164 valence electrons. The van der Waals surface area contributed by atoms with Crippen molar-refractivity contribution < 1.29 is 23.8 Å². The van der Waals surface area contributed by atoms with E-state index in [1.165, 1.54) is 36.8 Å². The monoisotopic (exact) mass is 437 g/mol. The van der Waals surface area contributed by atoms with Gasteiger partial charge in [-0.15, -0.1) is 0 Å². The number of pyridine rings is 1. The number of benzene rings is 1. The van der Waals surface area contributed by atoms with Gasteiger partial charge in [-0.2, -0.15) is 10.2 Å². The van der Waals surface area contributed by atoms with Crippen molar-refractivity contribution in [3.63, 3.8) is 0 Å². The van der Waals surface area contributed by atoms with Gasteiger partial charge < -0.3 is 14.7 Å². The zero-order valence-corrected chi connectivity index (χ0v) is 17.4. The zero-order chi connectivity index (χ0) is 22.8. The molecule has 3 heterocycles. The minimum absolute atomic E-state index is 0.0338. The summed E-state index contributed by atoms with van der Waals surface area (Å²) in [6, 6.07) is 2.80. The van der Waals surface area contributed by atoms with Crippen LogP contribution in [0.5, 0.6) is 5.75 Å². The minimum atomic E-state index is -1.32. The molecule has 1 amide bonds. The molecule has 0 saturated heterocycles. The Bertz CT molecular complexity index is 1240. The molecule has 0 spiro atoms. The number of anilines is 1. The van der Waals surface area contributed by atoms with E-state index in [1.54, 1.807) is 25.2 Å². The molecule has 3 aromatic rings. The molecule has 2 aromatic heterocycles. The van der Waals surface area contributed by atoms with E-state index in [-0.39, 0.29) is 29.3 Å². The van der Waals surface area contributed by atoms with Crippen LogP contribution < -0.4 is 9.64 Å². The first-order valence-electron chi connectivity index (χ1n) is 9.78. The maximum absolute atomic E-state index is 14.6. The molecule has 0 radical (unpaired) electrons. The van der Waals surface area contributed by atoms with Crippen LogP contribution in [0.4, 0.5) is 15.0 Å². The third-order valence-corrected chi connectivity index (χ3v) is 5.11. The average molecular weight is 437 g/mol. The van der Waals surface area contributed by atoms with Crippen LogP contribution in [0.25, 0.3) is 10.8 Å². The van der Waals surface area contributed by atoms with Gasteiger partial charge in [0.2, 0.25) is 0 Å². The summed E-state index contributed by atoms with van der Waals surface area (Å²) in [6.07, 6.45) is 6.17. The van der Waals surface area contributed by atoms with E-state index in [9.17, 15) is 19.1 Å². The van der Waals surface area contributed by atoms with Gasteiger partial charge in [-0.05, 0) is 12.1 Å². The fourth-order valence-electron chi connectivity index (χ4n) is 3.57. The number of allylic oxidation sites excluding steroid dienone is 1. The van der Waals surface area contributed by atoms with Gasteiger partial charge in [0, 0.05) is 66.5 Å². The fourth-order valence-corrected chi connectivity index (χ4v) is 3.57. The van der Waals surface area contributed by atoms with Gasteiger partial charge in [-0.1, -0.05) is 0 Å². The summed E-state index contributed by atoms with van der Waals surface area (Å²) in [5.41, 5.74) is 1.12. The molecule has 9 nitrogen and oxygen atoms in total. The topological polar surface area (TPSA) is 109 Å². The Hall–Kier alpha value is -4.08. The second kappa shape index (κ2) is 8.58. The third-order valence-electron chi connectivity index (χ3n) is 5.11. The van der Waals surface area contributed by atoms with Gasteiger partial charge in [0.25, 0.3) is 0 Å². The summed E-state index contributed by atoms with van der Waals surface area (Å²) < 4.78 is 20.1. The van der Waals surface area contributed by atoms with E-state index in [0.29, 0.717) is 35.1 Å². The SMILES string of the molecule is CN(C)C=CC(=O)c1cnc(N(Cc2c(F)ccc3c2CCO3)C(=O)O)c2cnncc12. The molecule has 4 rings (SSSR count). The molecule has 0 fully saturated rings. The zero-order valence-electron chi connectivity index (χ0n) is 17.4. The molecule has 1 aromatic carbocycles. The molecular weight excluding hydrogens is 417 g/mol. The van der Waals surface area contributed by atoms with Gasteiger partial charge in [0.15, 0.2) is 5.78 Å². The Morgan fingerprint density at radius 2 is 1.94 bits per heavy atom. The van der Waals surface area contributed by atoms with Crippen LogP contribution >= 0.6 is 0 Å². The first-order chi connectivity index (χ1) is 15.4. The van der Waals surface area contributed by atoms with Crippen molar-refractivity contribution in [3.8, 4) is 5.75 Å². The van der Waals surface area contributed by atoms with Crippen LogP contribution in [-0.2, 0) is 13.0 Å². The molecule has 0 aliphatic carbocycles.